The van der Waals surface area contributed by atoms with Gasteiger partial charge in [-0.3, -0.25) is 4.79 Å². The number of methoxy groups -OCH3 is 1. The molecule has 0 radical (unpaired) electrons. The number of aromatic nitrogens is 2. The van der Waals surface area contributed by atoms with Crippen LogP contribution < -0.4 is 15.0 Å². The van der Waals surface area contributed by atoms with E-state index in [2.05, 4.69) is 27.2 Å². The fourth-order valence-electron chi connectivity index (χ4n) is 4.84. The van der Waals surface area contributed by atoms with Crippen LogP contribution in [-0.2, 0) is 4.79 Å². The first-order valence-corrected chi connectivity index (χ1v) is 11.8. The van der Waals surface area contributed by atoms with Gasteiger partial charge in [0, 0.05) is 24.4 Å². The van der Waals surface area contributed by atoms with Crippen molar-refractivity contribution in [1.29, 1.82) is 0 Å². The van der Waals surface area contributed by atoms with E-state index in [1.54, 1.807) is 18.1 Å². The Labute approximate surface area is 206 Å². The molecule has 3 heterocycles. The standard InChI is InChI=1S/C24H24Cl2FN5O2/c1-31-7-5-24(6-8-31)11-20(33)32(12-24)18-9-14-17(10-19(18)34-2)28-13-29-23(14)30-16-4-3-15(25)21(26)22(16)27/h3-4,9-10,13H,5-8,11-12H2,1-2H3,(H,28,29,30). The molecule has 0 bridgehead atoms. The van der Waals surface area contributed by atoms with Gasteiger partial charge in [0.2, 0.25) is 5.91 Å². The lowest BCUT2D eigenvalue weighted by atomic mass is 9.78. The van der Waals surface area contributed by atoms with Gasteiger partial charge in [-0.05, 0) is 56.6 Å². The van der Waals surface area contributed by atoms with Gasteiger partial charge in [0.15, 0.2) is 5.82 Å². The summed E-state index contributed by atoms with van der Waals surface area (Å²) in [6, 6.07) is 6.61. The first-order valence-electron chi connectivity index (χ1n) is 11.0. The molecule has 178 valence electrons. The van der Waals surface area contributed by atoms with E-state index in [-0.39, 0.29) is 27.1 Å². The van der Waals surface area contributed by atoms with E-state index >= 15 is 0 Å². The van der Waals surface area contributed by atoms with E-state index in [0.29, 0.717) is 41.1 Å². The molecule has 1 amide bonds. The largest absolute Gasteiger partial charge is 0.494 e. The van der Waals surface area contributed by atoms with Gasteiger partial charge in [0.05, 0.1) is 34.0 Å². The normalized spacial score (nSPS) is 18.1. The number of nitrogens with one attached hydrogen (secondary N) is 1. The summed E-state index contributed by atoms with van der Waals surface area (Å²) in [6.07, 6.45) is 3.86. The Bertz CT molecular complexity index is 1280. The Morgan fingerprint density at radius 3 is 2.68 bits per heavy atom. The van der Waals surface area contributed by atoms with Crippen LogP contribution >= 0.6 is 23.2 Å². The Kier molecular flexibility index (Phi) is 6.00. The molecular formula is C24H24Cl2FN5O2. The minimum absolute atomic E-state index is 0.0268. The number of ether oxygens (including phenoxy) is 1. The molecule has 2 aliphatic heterocycles. The number of anilines is 3. The van der Waals surface area contributed by atoms with Crippen LogP contribution in [0.15, 0.2) is 30.6 Å². The molecule has 0 unspecified atom stereocenters. The van der Waals surface area contributed by atoms with Crippen molar-refractivity contribution in [3.63, 3.8) is 0 Å². The SMILES string of the molecule is COc1cc2ncnc(Nc3ccc(Cl)c(Cl)c3F)c2cc1N1CC2(CCN(C)CC2)CC1=O. The van der Waals surface area contributed by atoms with Gasteiger partial charge in [-0.1, -0.05) is 23.2 Å². The van der Waals surface area contributed by atoms with E-state index in [4.69, 9.17) is 27.9 Å². The third-order valence-electron chi connectivity index (χ3n) is 6.88. The molecule has 2 aromatic carbocycles. The third kappa shape index (κ3) is 4.04. The lowest BCUT2D eigenvalue weighted by molar-refractivity contribution is -0.118. The first-order chi connectivity index (χ1) is 16.3. The highest BCUT2D eigenvalue weighted by molar-refractivity contribution is 6.42. The molecule has 1 spiro atoms. The van der Waals surface area contributed by atoms with Gasteiger partial charge in [-0.2, -0.15) is 0 Å². The second-order valence-electron chi connectivity index (χ2n) is 9.07. The van der Waals surface area contributed by atoms with Gasteiger partial charge in [0.25, 0.3) is 0 Å². The predicted octanol–water partition coefficient (Wildman–Crippen LogP) is 5.28. The first kappa shape index (κ1) is 23.1. The second-order valence-corrected chi connectivity index (χ2v) is 9.86. The van der Waals surface area contributed by atoms with Crippen LogP contribution in [-0.4, -0.2) is 54.6 Å². The smallest absolute Gasteiger partial charge is 0.227 e. The quantitative estimate of drug-likeness (QED) is 0.488. The molecule has 1 aromatic heterocycles. The average Bonchev–Trinajstić information content (AvgIpc) is 3.16. The summed E-state index contributed by atoms with van der Waals surface area (Å²) in [5.74, 6) is 0.334. The van der Waals surface area contributed by atoms with Crippen molar-refractivity contribution in [2.24, 2.45) is 5.41 Å². The maximum Gasteiger partial charge on any atom is 0.227 e. The van der Waals surface area contributed by atoms with Crippen molar-refractivity contribution in [3.05, 3.63) is 46.5 Å². The zero-order chi connectivity index (χ0) is 24.0. The fourth-order valence-corrected chi connectivity index (χ4v) is 5.15. The molecule has 3 aromatic rings. The maximum atomic E-state index is 14.7. The van der Waals surface area contributed by atoms with Gasteiger partial charge in [-0.25, -0.2) is 14.4 Å². The lowest BCUT2D eigenvalue weighted by Crippen LogP contribution is -2.39. The molecule has 0 aliphatic carbocycles. The van der Waals surface area contributed by atoms with E-state index in [0.717, 1.165) is 25.9 Å². The number of halogens is 3. The van der Waals surface area contributed by atoms with Crippen molar-refractivity contribution < 1.29 is 13.9 Å². The van der Waals surface area contributed by atoms with E-state index in [1.165, 1.54) is 18.5 Å². The van der Waals surface area contributed by atoms with Crippen LogP contribution in [0.1, 0.15) is 19.3 Å². The number of rotatable bonds is 4. The molecule has 2 aliphatic rings. The zero-order valence-electron chi connectivity index (χ0n) is 18.9. The number of hydrogen-bond donors (Lipinski definition) is 1. The van der Waals surface area contributed by atoms with Crippen molar-refractivity contribution >= 4 is 57.2 Å². The number of fused-ring (bicyclic) bond motifs is 1. The average molecular weight is 504 g/mol. The maximum absolute atomic E-state index is 14.7. The highest BCUT2D eigenvalue weighted by atomic mass is 35.5. The second kappa shape index (κ2) is 8.83. The van der Waals surface area contributed by atoms with Gasteiger partial charge in [0.1, 0.15) is 17.9 Å². The number of carbonyl (C=O) groups excluding carboxylic acids is 1. The van der Waals surface area contributed by atoms with Crippen molar-refractivity contribution in [3.8, 4) is 5.75 Å². The Hall–Kier alpha value is -2.68. The summed E-state index contributed by atoms with van der Waals surface area (Å²) in [5.41, 5.74) is 1.36. The molecular weight excluding hydrogens is 480 g/mol. The molecule has 1 N–H and O–H groups in total. The van der Waals surface area contributed by atoms with Crippen molar-refractivity contribution in [1.82, 2.24) is 14.9 Å². The monoisotopic (exact) mass is 503 g/mol. The Morgan fingerprint density at radius 1 is 1.18 bits per heavy atom. The van der Waals surface area contributed by atoms with E-state index in [1.807, 2.05) is 6.07 Å². The lowest BCUT2D eigenvalue weighted by Gasteiger charge is -2.37. The Balaban J connectivity index is 1.55. The number of amides is 1. The van der Waals surface area contributed by atoms with Gasteiger partial charge in [-0.15, -0.1) is 0 Å². The van der Waals surface area contributed by atoms with Crippen LogP contribution in [0.3, 0.4) is 0 Å². The number of likely N-dealkylation sites (tertiary alicyclic amines) is 1. The van der Waals surface area contributed by atoms with E-state index < -0.39 is 5.82 Å². The van der Waals surface area contributed by atoms with E-state index in [9.17, 15) is 9.18 Å². The summed E-state index contributed by atoms with van der Waals surface area (Å²) >= 11 is 11.9. The van der Waals surface area contributed by atoms with Crippen LogP contribution in [0.2, 0.25) is 10.0 Å². The molecule has 0 saturated carbocycles. The third-order valence-corrected chi connectivity index (χ3v) is 7.66. The van der Waals surface area contributed by atoms with Crippen molar-refractivity contribution in [2.75, 3.05) is 44.0 Å². The van der Waals surface area contributed by atoms with Crippen LogP contribution in [0.25, 0.3) is 10.9 Å². The summed E-state index contributed by atoms with van der Waals surface area (Å²) in [5, 5.41) is 3.57. The molecule has 2 saturated heterocycles. The minimum atomic E-state index is -0.673. The highest BCUT2D eigenvalue weighted by Gasteiger charge is 2.45. The van der Waals surface area contributed by atoms with Crippen LogP contribution in [0.5, 0.6) is 5.75 Å². The number of piperidine rings is 1. The molecule has 0 atom stereocenters. The summed E-state index contributed by atoms with van der Waals surface area (Å²) < 4.78 is 20.3. The molecule has 2 fully saturated rings. The van der Waals surface area contributed by atoms with Crippen LogP contribution in [0, 0.1) is 11.2 Å². The van der Waals surface area contributed by atoms with Gasteiger partial charge < -0.3 is 19.9 Å². The fraction of sp³-hybridized carbons (Fsp3) is 0.375. The molecule has 7 nitrogen and oxygen atoms in total. The minimum Gasteiger partial charge on any atom is -0.494 e. The summed E-state index contributed by atoms with van der Waals surface area (Å²) in [7, 11) is 3.68. The number of carbonyl (C=O) groups is 1. The summed E-state index contributed by atoms with van der Waals surface area (Å²) in [6.45, 7) is 2.60. The Morgan fingerprint density at radius 2 is 1.94 bits per heavy atom. The topological polar surface area (TPSA) is 70.6 Å². The van der Waals surface area contributed by atoms with Crippen LogP contribution in [0.4, 0.5) is 21.6 Å². The van der Waals surface area contributed by atoms with Crippen molar-refractivity contribution in [2.45, 2.75) is 19.3 Å². The summed E-state index contributed by atoms with van der Waals surface area (Å²) in [4.78, 5) is 25.9. The number of nitrogens with zero attached hydrogens (tertiary/aromatic N) is 4. The molecule has 5 rings (SSSR count). The predicted molar refractivity (Wildman–Crippen MR) is 132 cm³/mol. The molecule has 10 heteroatoms. The van der Waals surface area contributed by atoms with Gasteiger partial charge >= 0.3 is 0 Å². The molecule has 34 heavy (non-hydrogen) atoms. The number of hydrogen-bond acceptors (Lipinski definition) is 6. The highest BCUT2D eigenvalue weighted by Crippen LogP contribution is 2.45. The number of benzene rings is 2. The zero-order valence-corrected chi connectivity index (χ0v) is 20.4.